The molecule has 15 heteroatoms. The van der Waals surface area contributed by atoms with Gasteiger partial charge in [-0.05, 0) is 30.2 Å². The number of carbonyl (C=O) groups excluding carboxylic acids is 2. The number of ketones is 2. The lowest BCUT2D eigenvalue weighted by molar-refractivity contribution is -0.256. The van der Waals surface area contributed by atoms with E-state index in [2.05, 4.69) is 0 Å². The van der Waals surface area contributed by atoms with E-state index >= 15 is 0 Å². The third-order valence-electron chi connectivity index (χ3n) is 7.94. The molecule has 43 heavy (non-hydrogen) atoms. The summed E-state index contributed by atoms with van der Waals surface area (Å²) >= 11 is 0. The van der Waals surface area contributed by atoms with Crippen molar-refractivity contribution in [2.24, 2.45) is 0 Å². The molecule has 236 valence electrons. The Labute approximate surface area is 244 Å². The molecule has 4 rings (SSSR count). The lowest BCUT2D eigenvalue weighted by Crippen LogP contribution is -2.71. The smallest absolute Gasteiger partial charge is 0.219 e. The average molecular weight is 611 g/mol. The number of hydrogen-bond acceptors (Lipinski definition) is 15. The van der Waals surface area contributed by atoms with Crippen molar-refractivity contribution in [2.75, 3.05) is 6.61 Å². The number of aliphatic hydroxyl groups excluding tert-OH is 9. The molecular formula is C28H34O15. The predicted octanol–water partition coefficient (Wildman–Crippen LogP) is -2.98. The number of aliphatic hydroxyl groups is 10. The molecule has 15 nitrogen and oxygen atoms in total. The van der Waals surface area contributed by atoms with Crippen LogP contribution in [0.3, 0.4) is 0 Å². The average Bonchev–Trinajstić information content (AvgIpc) is 2.98. The summed E-state index contributed by atoms with van der Waals surface area (Å²) in [5.41, 5.74) is -5.35. The summed E-state index contributed by atoms with van der Waals surface area (Å²) in [6.07, 6.45) is -17.4. The van der Waals surface area contributed by atoms with Gasteiger partial charge in [-0.1, -0.05) is 25.1 Å². The Bertz CT molecular complexity index is 1320. The highest BCUT2D eigenvalue weighted by Gasteiger charge is 2.65. The number of hydrogen-bond donors (Lipinski definition) is 11. The zero-order chi connectivity index (χ0) is 32.0. The molecule has 0 amide bonds. The summed E-state index contributed by atoms with van der Waals surface area (Å²) in [4.78, 5) is 27.8. The van der Waals surface area contributed by atoms with E-state index in [1.165, 1.54) is 37.3 Å². The summed E-state index contributed by atoms with van der Waals surface area (Å²) in [5.74, 6) is -5.84. The van der Waals surface area contributed by atoms with Gasteiger partial charge >= 0.3 is 0 Å². The number of ether oxygens (including phenoxy) is 2. The predicted molar refractivity (Wildman–Crippen MR) is 142 cm³/mol. The van der Waals surface area contributed by atoms with Crippen molar-refractivity contribution in [3.05, 3.63) is 58.6 Å². The maximum atomic E-state index is 13.9. The number of Topliss-reactive ketones (excluding diaryl/α,β-unsaturated/α-hetero) is 2. The Morgan fingerprint density at radius 2 is 1.42 bits per heavy atom. The van der Waals surface area contributed by atoms with Crippen LogP contribution in [0.4, 0.5) is 0 Å². The van der Waals surface area contributed by atoms with Crippen LogP contribution in [0, 0.1) is 0 Å². The number of carbonyl (C=O) groups is 2. The van der Waals surface area contributed by atoms with Gasteiger partial charge in [0.2, 0.25) is 17.2 Å². The molecule has 1 aromatic carbocycles. The highest BCUT2D eigenvalue weighted by Crippen LogP contribution is 2.42. The van der Waals surface area contributed by atoms with Crippen molar-refractivity contribution in [3.63, 3.8) is 0 Å². The number of phenolic OH excluding ortho intramolecular Hbond substituents is 1. The molecule has 11 N–H and O–H groups in total. The minimum atomic E-state index is -3.52. The number of aromatic hydroxyl groups is 1. The summed E-state index contributed by atoms with van der Waals surface area (Å²) in [6.45, 7) is 0.559. The molecule has 2 heterocycles. The molecular weight excluding hydrogens is 576 g/mol. The van der Waals surface area contributed by atoms with Gasteiger partial charge in [0.1, 0.15) is 77.8 Å². The molecule has 2 fully saturated rings. The molecule has 1 aliphatic carbocycles. The summed E-state index contributed by atoms with van der Waals surface area (Å²) in [6, 6.07) is 5.47. The third-order valence-corrected chi connectivity index (χ3v) is 7.94. The van der Waals surface area contributed by atoms with Crippen LogP contribution in [0.5, 0.6) is 5.75 Å². The first kappa shape index (κ1) is 32.7. The van der Waals surface area contributed by atoms with Crippen LogP contribution in [-0.4, -0.2) is 141 Å². The van der Waals surface area contributed by atoms with Crippen LogP contribution in [0.25, 0.3) is 6.08 Å². The first-order chi connectivity index (χ1) is 20.2. The molecule has 2 saturated heterocycles. The van der Waals surface area contributed by atoms with E-state index in [1.54, 1.807) is 0 Å². The van der Waals surface area contributed by atoms with Gasteiger partial charge in [0.25, 0.3) is 0 Å². The zero-order valence-electron chi connectivity index (χ0n) is 22.7. The van der Waals surface area contributed by atoms with Gasteiger partial charge in [-0.2, -0.15) is 0 Å². The number of phenols is 1. The molecule has 11 atom stereocenters. The topological polar surface area (TPSA) is 275 Å². The molecule has 0 saturated carbocycles. The number of allylic oxidation sites excluding steroid dienone is 2. The van der Waals surface area contributed by atoms with E-state index in [0.29, 0.717) is 5.56 Å². The lowest BCUT2D eigenvalue weighted by atomic mass is 9.69. The van der Waals surface area contributed by atoms with Crippen LogP contribution in [0.2, 0.25) is 0 Å². The monoisotopic (exact) mass is 610 g/mol. The normalized spacial score (nSPS) is 40.3. The van der Waals surface area contributed by atoms with E-state index < -0.39 is 107 Å². The molecule has 1 aromatic rings. The van der Waals surface area contributed by atoms with Crippen molar-refractivity contribution >= 4 is 17.6 Å². The quantitative estimate of drug-likeness (QED) is 0.0871. The van der Waals surface area contributed by atoms with Crippen LogP contribution < -0.4 is 0 Å². The Balaban J connectivity index is 1.92. The van der Waals surface area contributed by atoms with E-state index in [4.69, 9.17) is 9.47 Å². The van der Waals surface area contributed by atoms with Gasteiger partial charge in [-0.25, -0.2) is 0 Å². The van der Waals surface area contributed by atoms with Crippen LogP contribution in [0.15, 0.2) is 53.0 Å². The molecule has 0 spiro atoms. The molecule has 3 aliphatic rings. The van der Waals surface area contributed by atoms with Crippen molar-refractivity contribution < 1.29 is 75.2 Å². The maximum absolute atomic E-state index is 13.9. The second-order valence-electron chi connectivity index (χ2n) is 10.6. The molecule has 0 radical (unpaired) electrons. The van der Waals surface area contributed by atoms with E-state index in [1.807, 2.05) is 0 Å². The molecule has 0 bridgehead atoms. The Morgan fingerprint density at radius 3 is 2.00 bits per heavy atom. The Kier molecular flexibility index (Phi) is 9.44. The van der Waals surface area contributed by atoms with Crippen molar-refractivity contribution in [1.29, 1.82) is 0 Å². The summed E-state index contributed by atoms with van der Waals surface area (Å²) < 4.78 is 10.9. The second kappa shape index (κ2) is 12.4. The van der Waals surface area contributed by atoms with Crippen LogP contribution >= 0.6 is 0 Å². The van der Waals surface area contributed by atoms with Gasteiger partial charge in [0.15, 0.2) is 0 Å². The maximum Gasteiger partial charge on any atom is 0.219 e. The SMILES string of the molecule is CCC1OC(C2(O)C(=O)C(=C(O)/C=C/c3ccc(O)cc3)C(O)=C(C3OC(CO)C(O)C(O)C3O)C2=O)C(O)C(O)C1O. The summed E-state index contributed by atoms with van der Waals surface area (Å²) in [5, 5.41) is 116. The third kappa shape index (κ3) is 5.49. The lowest BCUT2D eigenvalue weighted by Gasteiger charge is -2.48. The molecule has 2 aliphatic heterocycles. The van der Waals surface area contributed by atoms with Crippen LogP contribution in [-0.2, 0) is 19.1 Å². The fraction of sp³-hybridized carbons (Fsp3) is 0.500. The first-order valence-electron chi connectivity index (χ1n) is 13.4. The Hall–Kier alpha value is -3.22. The van der Waals surface area contributed by atoms with Gasteiger partial charge in [0.05, 0.1) is 18.3 Å². The van der Waals surface area contributed by atoms with E-state index in [9.17, 15) is 65.8 Å². The van der Waals surface area contributed by atoms with Crippen molar-refractivity contribution in [2.45, 2.75) is 80.0 Å². The fourth-order valence-corrected chi connectivity index (χ4v) is 5.43. The van der Waals surface area contributed by atoms with Gasteiger partial charge < -0.3 is 65.6 Å². The molecule has 0 aromatic heterocycles. The Morgan fingerprint density at radius 1 is 0.837 bits per heavy atom. The zero-order valence-corrected chi connectivity index (χ0v) is 22.7. The number of benzene rings is 1. The van der Waals surface area contributed by atoms with Crippen molar-refractivity contribution in [3.8, 4) is 5.75 Å². The van der Waals surface area contributed by atoms with E-state index in [-0.39, 0.29) is 12.2 Å². The number of rotatable bonds is 6. The minimum absolute atomic E-state index is 0.0239. The van der Waals surface area contributed by atoms with Crippen LogP contribution in [0.1, 0.15) is 18.9 Å². The van der Waals surface area contributed by atoms with Gasteiger partial charge in [-0.3, -0.25) is 9.59 Å². The standard InChI is InChI=1S/C28H34O15/c1-2-13-17(32)21(36)23(38)27(43-13)28(41)25(39)15(12(31)8-5-10-3-6-11(30)7-4-10)19(34)16(26(28)40)24-22(37)20(35)18(33)14(9-29)42-24/h3-8,13-14,17-18,20-24,27,29-38,41H,2,9H2,1H3/b8-5+,15-12?. The molecule has 11 unspecified atom stereocenters. The summed E-state index contributed by atoms with van der Waals surface area (Å²) in [7, 11) is 0. The van der Waals surface area contributed by atoms with Gasteiger partial charge in [0, 0.05) is 0 Å². The fourth-order valence-electron chi connectivity index (χ4n) is 5.43. The first-order valence-corrected chi connectivity index (χ1v) is 13.4. The second-order valence-corrected chi connectivity index (χ2v) is 10.6. The minimum Gasteiger partial charge on any atom is -0.508 e. The largest absolute Gasteiger partial charge is 0.508 e. The van der Waals surface area contributed by atoms with Crippen molar-refractivity contribution in [1.82, 2.24) is 0 Å². The highest BCUT2D eigenvalue weighted by atomic mass is 16.6. The highest BCUT2D eigenvalue weighted by molar-refractivity contribution is 6.28. The van der Waals surface area contributed by atoms with Gasteiger partial charge in [-0.15, -0.1) is 0 Å². The van der Waals surface area contributed by atoms with E-state index in [0.717, 1.165) is 6.08 Å².